The maximum absolute atomic E-state index is 3.89. The van der Waals surface area contributed by atoms with Crippen molar-refractivity contribution in [3.8, 4) is 0 Å². The van der Waals surface area contributed by atoms with Gasteiger partial charge in [-0.1, -0.05) is 109 Å². The summed E-state index contributed by atoms with van der Waals surface area (Å²) in [7, 11) is 0. The van der Waals surface area contributed by atoms with Gasteiger partial charge in [-0.25, -0.2) is 0 Å². The lowest BCUT2D eigenvalue weighted by atomic mass is 10.1. The van der Waals surface area contributed by atoms with Crippen LogP contribution in [0.15, 0.2) is 12.2 Å². The Kier molecular flexibility index (Phi) is 19.5. The molecule has 0 rings (SSSR count). The second-order valence-corrected chi connectivity index (χ2v) is 6.50. The van der Waals surface area contributed by atoms with Crippen molar-refractivity contribution in [1.82, 2.24) is 0 Å². The maximum atomic E-state index is 3.89. The van der Waals surface area contributed by atoms with E-state index in [1.54, 1.807) is 0 Å². The first-order chi connectivity index (χ1) is 10.4. The molecule has 21 heavy (non-hydrogen) atoms. The van der Waals surface area contributed by atoms with Crippen molar-refractivity contribution in [3.63, 3.8) is 0 Å². The summed E-state index contributed by atoms with van der Waals surface area (Å²) in [5.41, 5.74) is 0. The molecule has 0 heterocycles. The molecule has 0 aliphatic carbocycles. The van der Waals surface area contributed by atoms with Crippen LogP contribution < -0.4 is 0 Å². The first-order valence-corrected chi connectivity index (χ1v) is 9.86. The average molecular weight is 294 g/mol. The molecule has 0 N–H and O–H groups in total. The molecular formula is C21H41. The fourth-order valence-corrected chi connectivity index (χ4v) is 2.78. The first-order valence-electron chi connectivity index (χ1n) is 9.86. The highest BCUT2D eigenvalue weighted by Gasteiger charge is 1.91. The van der Waals surface area contributed by atoms with E-state index in [-0.39, 0.29) is 0 Å². The Morgan fingerprint density at radius 3 is 1.33 bits per heavy atom. The minimum Gasteiger partial charge on any atom is -0.0885 e. The molecule has 0 saturated heterocycles. The molecule has 0 aliphatic rings. The van der Waals surface area contributed by atoms with Crippen LogP contribution in [0.1, 0.15) is 116 Å². The van der Waals surface area contributed by atoms with E-state index in [4.69, 9.17) is 0 Å². The zero-order chi connectivity index (χ0) is 15.4. The van der Waals surface area contributed by atoms with E-state index in [0.717, 1.165) is 6.42 Å². The third-order valence-electron chi connectivity index (χ3n) is 4.26. The van der Waals surface area contributed by atoms with Crippen LogP contribution in [0.4, 0.5) is 0 Å². The van der Waals surface area contributed by atoms with Crippen LogP contribution in [0, 0.1) is 6.92 Å². The van der Waals surface area contributed by atoms with Crippen molar-refractivity contribution >= 4 is 0 Å². The molecule has 0 aromatic heterocycles. The predicted octanol–water partition coefficient (Wildman–Crippen LogP) is 8.03. The van der Waals surface area contributed by atoms with E-state index in [2.05, 4.69) is 26.0 Å². The van der Waals surface area contributed by atoms with Crippen LogP contribution in [-0.2, 0) is 0 Å². The summed E-state index contributed by atoms with van der Waals surface area (Å²) in [6, 6.07) is 0. The average Bonchev–Trinajstić information content (AvgIpc) is 2.50. The van der Waals surface area contributed by atoms with E-state index in [1.165, 1.54) is 103 Å². The summed E-state index contributed by atoms with van der Waals surface area (Å²) < 4.78 is 0. The highest BCUT2D eigenvalue weighted by molar-refractivity contribution is 4.81. The molecule has 0 atom stereocenters. The summed E-state index contributed by atoms with van der Waals surface area (Å²) in [4.78, 5) is 0. The third-order valence-corrected chi connectivity index (χ3v) is 4.26. The normalized spacial score (nSPS) is 11.5. The van der Waals surface area contributed by atoms with Crippen molar-refractivity contribution < 1.29 is 0 Å². The van der Waals surface area contributed by atoms with Crippen LogP contribution in [-0.4, -0.2) is 0 Å². The van der Waals surface area contributed by atoms with Crippen LogP contribution in [0.25, 0.3) is 0 Å². The minimum atomic E-state index is 1.11. The summed E-state index contributed by atoms with van der Waals surface area (Å²) in [5, 5.41) is 0. The Bertz CT molecular complexity index is 192. The number of allylic oxidation sites excluding steroid dienone is 2. The van der Waals surface area contributed by atoms with Crippen LogP contribution in [0.3, 0.4) is 0 Å². The fourth-order valence-electron chi connectivity index (χ4n) is 2.78. The molecule has 0 amide bonds. The number of unbranched alkanes of at least 4 members (excludes halogenated alkanes) is 15. The molecule has 0 aromatic rings. The molecule has 125 valence electrons. The monoisotopic (exact) mass is 293 g/mol. The van der Waals surface area contributed by atoms with E-state index in [0.29, 0.717) is 0 Å². The molecule has 0 bridgehead atoms. The Labute approximate surface area is 135 Å². The zero-order valence-corrected chi connectivity index (χ0v) is 14.9. The molecule has 0 spiro atoms. The molecule has 0 nitrogen and oxygen atoms in total. The Morgan fingerprint density at radius 2 is 0.905 bits per heavy atom. The minimum absolute atomic E-state index is 1.11. The Morgan fingerprint density at radius 1 is 0.524 bits per heavy atom. The molecule has 0 heteroatoms. The molecule has 0 aromatic carbocycles. The van der Waals surface area contributed by atoms with Gasteiger partial charge in [-0.05, 0) is 25.7 Å². The van der Waals surface area contributed by atoms with Gasteiger partial charge >= 0.3 is 0 Å². The lowest BCUT2D eigenvalue weighted by Crippen LogP contribution is -1.80. The smallest absolute Gasteiger partial charge is 0.0351 e. The molecule has 0 unspecified atom stereocenters. The maximum Gasteiger partial charge on any atom is -0.0351 e. The van der Waals surface area contributed by atoms with Crippen molar-refractivity contribution in [2.24, 2.45) is 0 Å². The Hall–Kier alpha value is -0.260. The third kappa shape index (κ3) is 19.7. The van der Waals surface area contributed by atoms with Crippen LogP contribution in [0.2, 0.25) is 0 Å². The molecule has 0 fully saturated rings. The SMILES string of the molecule is [CH2]CCCCCCCCC=CCCCCCCCCCC. The van der Waals surface area contributed by atoms with E-state index < -0.39 is 0 Å². The van der Waals surface area contributed by atoms with E-state index in [9.17, 15) is 0 Å². The standard InChI is InChI=1S/C21H41/c1-3-5-7-9-11-13-15-17-19-21-20-18-16-14-12-10-8-6-4-2/h19,21H,1,3-18,20H2,2H3. The van der Waals surface area contributed by atoms with Crippen molar-refractivity contribution in [2.45, 2.75) is 116 Å². The fraction of sp³-hybridized carbons (Fsp3) is 0.857. The quantitative estimate of drug-likeness (QED) is 0.188. The number of hydrogen-bond acceptors (Lipinski definition) is 0. The van der Waals surface area contributed by atoms with Gasteiger partial charge in [0.15, 0.2) is 0 Å². The van der Waals surface area contributed by atoms with Crippen LogP contribution in [0.5, 0.6) is 0 Å². The van der Waals surface area contributed by atoms with Gasteiger partial charge in [0.2, 0.25) is 0 Å². The number of rotatable bonds is 17. The van der Waals surface area contributed by atoms with Gasteiger partial charge in [0, 0.05) is 0 Å². The van der Waals surface area contributed by atoms with Gasteiger partial charge in [-0.3, -0.25) is 0 Å². The van der Waals surface area contributed by atoms with Gasteiger partial charge in [0.1, 0.15) is 0 Å². The van der Waals surface area contributed by atoms with Crippen molar-refractivity contribution in [3.05, 3.63) is 19.1 Å². The largest absolute Gasteiger partial charge is 0.0885 e. The molecular weight excluding hydrogens is 252 g/mol. The second-order valence-electron chi connectivity index (χ2n) is 6.50. The second kappa shape index (κ2) is 19.7. The molecule has 0 saturated carbocycles. The molecule has 1 radical (unpaired) electrons. The summed E-state index contributed by atoms with van der Waals surface area (Å²) in [5.74, 6) is 0. The van der Waals surface area contributed by atoms with Gasteiger partial charge < -0.3 is 0 Å². The summed E-state index contributed by atoms with van der Waals surface area (Å²) in [6.45, 7) is 6.18. The summed E-state index contributed by atoms with van der Waals surface area (Å²) >= 11 is 0. The zero-order valence-electron chi connectivity index (χ0n) is 14.9. The number of hydrogen-bond donors (Lipinski definition) is 0. The van der Waals surface area contributed by atoms with Crippen molar-refractivity contribution in [2.75, 3.05) is 0 Å². The van der Waals surface area contributed by atoms with Crippen LogP contribution >= 0.6 is 0 Å². The van der Waals surface area contributed by atoms with E-state index >= 15 is 0 Å². The lowest BCUT2D eigenvalue weighted by molar-refractivity contribution is 0.577. The first kappa shape index (κ1) is 20.7. The topological polar surface area (TPSA) is 0 Å². The van der Waals surface area contributed by atoms with Crippen molar-refractivity contribution in [1.29, 1.82) is 0 Å². The molecule has 0 aliphatic heterocycles. The van der Waals surface area contributed by atoms with Gasteiger partial charge in [0.05, 0.1) is 0 Å². The van der Waals surface area contributed by atoms with Gasteiger partial charge in [-0.2, -0.15) is 0 Å². The summed E-state index contributed by atoms with van der Waals surface area (Å²) in [6.07, 6.45) is 28.3. The van der Waals surface area contributed by atoms with Gasteiger partial charge in [0.25, 0.3) is 0 Å². The highest BCUT2D eigenvalue weighted by Crippen LogP contribution is 2.11. The predicted molar refractivity (Wildman–Crippen MR) is 98.7 cm³/mol. The van der Waals surface area contributed by atoms with Gasteiger partial charge in [-0.15, -0.1) is 0 Å². The van der Waals surface area contributed by atoms with E-state index in [1.807, 2.05) is 0 Å². The lowest BCUT2D eigenvalue weighted by Gasteiger charge is -2.00. The highest BCUT2D eigenvalue weighted by atomic mass is 14.0. The Balaban J connectivity index is 3.02.